The van der Waals surface area contributed by atoms with E-state index in [0.717, 1.165) is 48.1 Å². The van der Waals surface area contributed by atoms with Gasteiger partial charge in [-0.2, -0.15) is 0 Å². The van der Waals surface area contributed by atoms with Crippen LogP contribution in [0.5, 0.6) is 0 Å². The lowest BCUT2D eigenvalue weighted by molar-refractivity contribution is 0.238. The van der Waals surface area contributed by atoms with E-state index in [1.54, 1.807) is 0 Å². The first-order valence-corrected chi connectivity index (χ1v) is 7.68. The molecule has 0 atom stereocenters. The summed E-state index contributed by atoms with van der Waals surface area (Å²) in [6, 6.07) is 0. The Morgan fingerprint density at radius 1 is 1.32 bits per heavy atom. The fourth-order valence-electron chi connectivity index (χ4n) is 2.76. The number of nitrogens with zero attached hydrogens (tertiary/aromatic N) is 3. The maximum Gasteiger partial charge on any atom is 0.255 e. The normalized spacial score (nSPS) is 15.8. The molecular formula is C16H23N5O. The number of nitrogens with one attached hydrogen (secondary N) is 2. The third kappa shape index (κ3) is 2.97. The number of imidazole rings is 1. The number of aromatic nitrogens is 4. The summed E-state index contributed by atoms with van der Waals surface area (Å²) in [7, 11) is 0. The van der Waals surface area contributed by atoms with Gasteiger partial charge in [0.1, 0.15) is 11.6 Å². The molecule has 6 heteroatoms. The summed E-state index contributed by atoms with van der Waals surface area (Å²) < 4.78 is 0. The van der Waals surface area contributed by atoms with Gasteiger partial charge in [0, 0.05) is 43.4 Å². The average molecular weight is 301 g/mol. The molecule has 2 aromatic rings. The Labute approximate surface area is 130 Å². The van der Waals surface area contributed by atoms with Gasteiger partial charge in [-0.3, -0.25) is 9.69 Å². The molecule has 2 aromatic heterocycles. The number of hydrogen-bond acceptors (Lipinski definition) is 4. The Hall–Kier alpha value is -1.95. The molecule has 0 saturated carbocycles. The van der Waals surface area contributed by atoms with Crippen LogP contribution in [-0.4, -0.2) is 31.4 Å². The lowest BCUT2D eigenvalue weighted by Gasteiger charge is -2.28. The molecule has 3 heterocycles. The number of hydrogen-bond donors (Lipinski definition) is 2. The average Bonchev–Trinajstić information content (AvgIpc) is 2.83. The fraction of sp³-hybridized carbons (Fsp3) is 0.562. The van der Waals surface area contributed by atoms with Crippen LogP contribution in [0.2, 0.25) is 0 Å². The Morgan fingerprint density at radius 3 is 2.73 bits per heavy atom. The molecule has 0 unspecified atom stereocenters. The van der Waals surface area contributed by atoms with Crippen molar-refractivity contribution in [3.05, 3.63) is 45.2 Å². The maximum atomic E-state index is 12.4. The third-order valence-corrected chi connectivity index (χ3v) is 4.01. The van der Waals surface area contributed by atoms with Crippen molar-refractivity contribution >= 4 is 0 Å². The second kappa shape index (κ2) is 5.35. The molecule has 118 valence electrons. The number of aromatic amines is 2. The van der Waals surface area contributed by atoms with Gasteiger partial charge in [-0.1, -0.05) is 20.8 Å². The summed E-state index contributed by atoms with van der Waals surface area (Å²) in [5.74, 6) is 1.69. The van der Waals surface area contributed by atoms with E-state index in [4.69, 9.17) is 0 Å². The van der Waals surface area contributed by atoms with Gasteiger partial charge in [-0.25, -0.2) is 9.97 Å². The molecule has 0 spiro atoms. The van der Waals surface area contributed by atoms with Gasteiger partial charge in [-0.05, 0) is 6.92 Å². The van der Waals surface area contributed by atoms with E-state index in [2.05, 4.69) is 45.6 Å². The SMILES string of the molecule is Cc1ncc(CN2CCc3nc(C(C)(C)C)[nH]c(=O)c3C2)[nH]1. The molecule has 0 amide bonds. The van der Waals surface area contributed by atoms with Crippen molar-refractivity contribution in [3.63, 3.8) is 0 Å². The van der Waals surface area contributed by atoms with Gasteiger partial charge < -0.3 is 9.97 Å². The van der Waals surface area contributed by atoms with E-state index >= 15 is 0 Å². The van der Waals surface area contributed by atoms with Crippen molar-refractivity contribution in [1.82, 2.24) is 24.8 Å². The number of fused-ring (bicyclic) bond motifs is 1. The van der Waals surface area contributed by atoms with Crippen molar-refractivity contribution in [2.75, 3.05) is 6.54 Å². The molecule has 1 aliphatic rings. The van der Waals surface area contributed by atoms with E-state index < -0.39 is 0 Å². The molecule has 0 aliphatic carbocycles. The smallest absolute Gasteiger partial charge is 0.255 e. The zero-order valence-corrected chi connectivity index (χ0v) is 13.7. The monoisotopic (exact) mass is 301 g/mol. The van der Waals surface area contributed by atoms with Crippen LogP contribution in [0.3, 0.4) is 0 Å². The first-order chi connectivity index (χ1) is 10.3. The maximum absolute atomic E-state index is 12.4. The van der Waals surface area contributed by atoms with Crippen LogP contribution in [0.25, 0.3) is 0 Å². The van der Waals surface area contributed by atoms with Gasteiger partial charge in [0.15, 0.2) is 0 Å². The number of rotatable bonds is 2. The highest BCUT2D eigenvalue weighted by Gasteiger charge is 2.24. The summed E-state index contributed by atoms with van der Waals surface area (Å²) >= 11 is 0. The summed E-state index contributed by atoms with van der Waals surface area (Å²) in [5, 5.41) is 0. The largest absolute Gasteiger partial charge is 0.345 e. The topological polar surface area (TPSA) is 77.7 Å². The molecule has 3 rings (SSSR count). The van der Waals surface area contributed by atoms with Crippen LogP contribution in [-0.2, 0) is 24.9 Å². The standard InChI is InChI=1S/C16H23N5O/c1-10-17-7-11(18-10)8-21-6-5-13-12(9-21)14(22)20-15(19-13)16(2,3)4/h7H,5-6,8-9H2,1-4H3,(H,17,18)(H,19,20,22). The summed E-state index contributed by atoms with van der Waals surface area (Å²) in [5.41, 5.74) is 2.69. The van der Waals surface area contributed by atoms with Gasteiger partial charge in [0.05, 0.1) is 11.3 Å². The lowest BCUT2D eigenvalue weighted by atomic mass is 9.95. The molecule has 22 heavy (non-hydrogen) atoms. The van der Waals surface area contributed by atoms with Crippen molar-refractivity contribution in [1.29, 1.82) is 0 Å². The van der Waals surface area contributed by atoms with E-state index in [9.17, 15) is 4.79 Å². The molecule has 0 fully saturated rings. The van der Waals surface area contributed by atoms with Crippen molar-refractivity contribution in [2.24, 2.45) is 0 Å². The summed E-state index contributed by atoms with van der Waals surface area (Å²) in [6.07, 6.45) is 2.67. The second-order valence-corrected chi connectivity index (χ2v) is 7.04. The first kappa shape index (κ1) is 15.0. The van der Waals surface area contributed by atoms with Crippen LogP contribution in [0.4, 0.5) is 0 Å². The van der Waals surface area contributed by atoms with Crippen LogP contribution in [0.15, 0.2) is 11.0 Å². The van der Waals surface area contributed by atoms with Crippen LogP contribution < -0.4 is 5.56 Å². The Balaban J connectivity index is 1.83. The summed E-state index contributed by atoms with van der Waals surface area (Å²) in [6.45, 7) is 10.5. The van der Waals surface area contributed by atoms with Gasteiger partial charge in [0.25, 0.3) is 5.56 Å². The predicted octanol–water partition coefficient (Wildman–Crippen LogP) is 1.66. The fourth-order valence-corrected chi connectivity index (χ4v) is 2.76. The highest BCUT2D eigenvalue weighted by molar-refractivity contribution is 5.22. The molecule has 2 N–H and O–H groups in total. The zero-order chi connectivity index (χ0) is 15.9. The van der Waals surface area contributed by atoms with Gasteiger partial charge in [0.2, 0.25) is 0 Å². The van der Waals surface area contributed by atoms with E-state index in [1.165, 1.54) is 0 Å². The number of aryl methyl sites for hydroxylation is 1. The summed E-state index contributed by atoms with van der Waals surface area (Å²) in [4.78, 5) is 29.7. The van der Waals surface area contributed by atoms with Crippen molar-refractivity contribution in [3.8, 4) is 0 Å². The molecule has 0 aromatic carbocycles. The second-order valence-electron chi connectivity index (χ2n) is 7.04. The van der Waals surface area contributed by atoms with Crippen LogP contribution in [0, 0.1) is 6.92 Å². The van der Waals surface area contributed by atoms with Crippen molar-refractivity contribution in [2.45, 2.75) is 52.6 Å². The van der Waals surface area contributed by atoms with E-state index in [-0.39, 0.29) is 11.0 Å². The first-order valence-electron chi connectivity index (χ1n) is 7.68. The van der Waals surface area contributed by atoms with E-state index in [0.29, 0.717) is 6.54 Å². The molecular weight excluding hydrogens is 278 g/mol. The van der Waals surface area contributed by atoms with E-state index in [1.807, 2.05) is 13.1 Å². The Morgan fingerprint density at radius 2 is 2.09 bits per heavy atom. The molecule has 1 aliphatic heterocycles. The third-order valence-electron chi connectivity index (χ3n) is 4.01. The zero-order valence-electron chi connectivity index (χ0n) is 13.7. The quantitative estimate of drug-likeness (QED) is 0.884. The minimum Gasteiger partial charge on any atom is -0.345 e. The Bertz CT molecular complexity index is 738. The molecule has 0 radical (unpaired) electrons. The lowest BCUT2D eigenvalue weighted by Crippen LogP contribution is -2.37. The minimum absolute atomic E-state index is 0.000385. The number of H-pyrrole nitrogens is 2. The molecule has 6 nitrogen and oxygen atoms in total. The molecule has 0 bridgehead atoms. The van der Waals surface area contributed by atoms with Gasteiger partial charge >= 0.3 is 0 Å². The van der Waals surface area contributed by atoms with Crippen LogP contribution >= 0.6 is 0 Å². The van der Waals surface area contributed by atoms with Gasteiger partial charge in [-0.15, -0.1) is 0 Å². The molecule has 0 saturated heterocycles. The highest BCUT2D eigenvalue weighted by atomic mass is 16.1. The minimum atomic E-state index is -0.140. The highest BCUT2D eigenvalue weighted by Crippen LogP contribution is 2.21. The van der Waals surface area contributed by atoms with Crippen LogP contribution in [0.1, 0.15) is 49.4 Å². The Kier molecular flexibility index (Phi) is 3.64. The van der Waals surface area contributed by atoms with Crippen molar-refractivity contribution < 1.29 is 0 Å². The predicted molar refractivity (Wildman–Crippen MR) is 84.7 cm³/mol.